The van der Waals surface area contributed by atoms with Crippen LogP contribution in [-0.2, 0) is 0 Å². The fourth-order valence-electron chi connectivity index (χ4n) is 2.06. The Labute approximate surface area is 129 Å². The van der Waals surface area contributed by atoms with Crippen LogP contribution in [0.25, 0.3) is 5.69 Å². The molecule has 2 aromatic rings. The van der Waals surface area contributed by atoms with Gasteiger partial charge in [0.25, 0.3) is 5.56 Å². The van der Waals surface area contributed by atoms with E-state index in [2.05, 4.69) is 24.1 Å². The molecule has 0 radical (unpaired) electrons. The second-order valence-electron chi connectivity index (χ2n) is 5.44. The standard InChI is InChI=1S/C16H20ClN3O/c1-11(2)7-8-18-15-16(21)20(10-9-19-15)14-6-4-5-13(17)12(14)3/h4-6,9-11H,7-8H2,1-3H3,(H,18,19). The molecule has 0 aliphatic carbocycles. The van der Waals surface area contributed by atoms with E-state index in [1.54, 1.807) is 17.0 Å². The van der Waals surface area contributed by atoms with Gasteiger partial charge in [-0.3, -0.25) is 9.36 Å². The van der Waals surface area contributed by atoms with Crippen molar-refractivity contribution in [3.05, 3.63) is 51.5 Å². The zero-order valence-electron chi connectivity index (χ0n) is 12.6. The van der Waals surface area contributed by atoms with Crippen LogP contribution in [0.5, 0.6) is 0 Å². The summed E-state index contributed by atoms with van der Waals surface area (Å²) in [7, 11) is 0. The van der Waals surface area contributed by atoms with Crippen LogP contribution in [0.1, 0.15) is 25.8 Å². The van der Waals surface area contributed by atoms with Gasteiger partial charge in [0, 0.05) is 24.0 Å². The lowest BCUT2D eigenvalue weighted by atomic mass is 10.1. The van der Waals surface area contributed by atoms with E-state index < -0.39 is 0 Å². The molecule has 2 rings (SSSR count). The number of aromatic nitrogens is 2. The minimum Gasteiger partial charge on any atom is -0.365 e. The van der Waals surface area contributed by atoms with E-state index in [0.29, 0.717) is 16.8 Å². The van der Waals surface area contributed by atoms with Crippen LogP contribution < -0.4 is 10.9 Å². The molecule has 0 saturated carbocycles. The van der Waals surface area contributed by atoms with Crippen molar-refractivity contribution in [3.63, 3.8) is 0 Å². The summed E-state index contributed by atoms with van der Waals surface area (Å²) >= 11 is 6.13. The number of nitrogens with one attached hydrogen (secondary N) is 1. The van der Waals surface area contributed by atoms with E-state index in [4.69, 9.17) is 11.6 Å². The summed E-state index contributed by atoms with van der Waals surface area (Å²) in [6, 6.07) is 5.53. The van der Waals surface area contributed by atoms with E-state index in [9.17, 15) is 4.79 Å². The molecular weight excluding hydrogens is 286 g/mol. The Morgan fingerprint density at radius 1 is 1.38 bits per heavy atom. The summed E-state index contributed by atoms with van der Waals surface area (Å²) in [4.78, 5) is 16.6. The van der Waals surface area contributed by atoms with Crippen molar-refractivity contribution < 1.29 is 0 Å². The molecule has 5 heteroatoms. The number of nitrogens with zero attached hydrogens (tertiary/aromatic N) is 2. The predicted octanol–water partition coefficient (Wildman–Crippen LogP) is 3.65. The maximum atomic E-state index is 12.5. The van der Waals surface area contributed by atoms with E-state index in [-0.39, 0.29) is 5.56 Å². The molecule has 0 spiro atoms. The lowest BCUT2D eigenvalue weighted by Gasteiger charge is -2.12. The van der Waals surface area contributed by atoms with E-state index >= 15 is 0 Å². The lowest BCUT2D eigenvalue weighted by molar-refractivity contribution is 0.606. The average Bonchev–Trinajstić information content (AvgIpc) is 2.44. The third-order valence-electron chi connectivity index (χ3n) is 3.35. The third kappa shape index (κ3) is 3.64. The van der Waals surface area contributed by atoms with Crippen molar-refractivity contribution in [2.45, 2.75) is 27.2 Å². The van der Waals surface area contributed by atoms with E-state index in [1.165, 1.54) is 0 Å². The summed E-state index contributed by atoms with van der Waals surface area (Å²) in [5.74, 6) is 0.955. The number of anilines is 1. The van der Waals surface area contributed by atoms with Crippen LogP contribution in [0.3, 0.4) is 0 Å². The Balaban J connectivity index is 2.34. The monoisotopic (exact) mass is 305 g/mol. The maximum Gasteiger partial charge on any atom is 0.297 e. The molecule has 4 nitrogen and oxygen atoms in total. The smallest absolute Gasteiger partial charge is 0.297 e. The van der Waals surface area contributed by atoms with Gasteiger partial charge in [0.05, 0.1) is 5.69 Å². The highest BCUT2D eigenvalue weighted by Crippen LogP contribution is 2.21. The molecule has 1 aromatic carbocycles. The first-order valence-corrected chi connectivity index (χ1v) is 7.45. The molecule has 1 heterocycles. The summed E-state index contributed by atoms with van der Waals surface area (Å²) in [6.45, 7) is 6.93. The van der Waals surface area contributed by atoms with Gasteiger partial charge in [-0.15, -0.1) is 0 Å². The van der Waals surface area contributed by atoms with Crippen molar-refractivity contribution >= 4 is 17.4 Å². The van der Waals surface area contributed by atoms with E-state index in [1.807, 2.05) is 25.1 Å². The van der Waals surface area contributed by atoms with Crippen LogP contribution in [0, 0.1) is 12.8 Å². The number of hydrogen-bond donors (Lipinski definition) is 1. The first kappa shape index (κ1) is 15.6. The molecular formula is C16H20ClN3O. The van der Waals surface area contributed by atoms with Crippen molar-refractivity contribution in [3.8, 4) is 5.69 Å². The fourth-order valence-corrected chi connectivity index (χ4v) is 2.23. The zero-order valence-corrected chi connectivity index (χ0v) is 13.3. The van der Waals surface area contributed by atoms with Gasteiger partial charge in [0.1, 0.15) is 0 Å². The van der Waals surface area contributed by atoms with Gasteiger partial charge in [0.15, 0.2) is 5.82 Å². The largest absolute Gasteiger partial charge is 0.365 e. The summed E-state index contributed by atoms with van der Waals surface area (Å²) in [5.41, 5.74) is 1.49. The highest BCUT2D eigenvalue weighted by molar-refractivity contribution is 6.31. The summed E-state index contributed by atoms with van der Waals surface area (Å²) in [5, 5.41) is 3.76. The quantitative estimate of drug-likeness (QED) is 0.917. The summed E-state index contributed by atoms with van der Waals surface area (Å²) < 4.78 is 1.58. The number of hydrogen-bond acceptors (Lipinski definition) is 3. The van der Waals surface area contributed by atoms with Crippen LogP contribution in [-0.4, -0.2) is 16.1 Å². The van der Waals surface area contributed by atoms with Crippen molar-refractivity contribution in [1.82, 2.24) is 9.55 Å². The van der Waals surface area contributed by atoms with Crippen molar-refractivity contribution in [1.29, 1.82) is 0 Å². The molecule has 0 fully saturated rings. The molecule has 1 N–H and O–H groups in total. The van der Waals surface area contributed by atoms with Crippen molar-refractivity contribution in [2.75, 3.05) is 11.9 Å². The molecule has 0 aliphatic heterocycles. The van der Waals surface area contributed by atoms with Gasteiger partial charge in [-0.25, -0.2) is 4.98 Å². The number of halogens is 1. The van der Waals surface area contributed by atoms with Crippen LogP contribution in [0.15, 0.2) is 35.4 Å². The lowest BCUT2D eigenvalue weighted by Crippen LogP contribution is -2.24. The third-order valence-corrected chi connectivity index (χ3v) is 3.76. The zero-order chi connectivity index (χ0) is 15.4. The molecule has 0 bridgehead atoms. The minimum absolute atomic E-state index is 0.161. The van der Waals surface area contributed by atoms with Gasteiger partial charge >= 0.3 is 0 Å². The Hall–Kier alpha value is -1.81. The SMILES string of the molecule is Cc1c(Cl)cccc1-n1ccnc(NCCC(C)C)c1=O. The predicted molar refractivity (Wildman–Crippen MR) is 87.5 cm³/mol. The first-order chi connectivity index (χ1) is 10.0. The highest BCUT2D eigenvalue weighted by Gasteiger charge is 2.09. The Bertz CT molecular complexity index is 679. The molecule has 0 amide bonds. The van der Waals surface area contributed by atoms with Gasteiger partial charge in [-0.2, -0.15) is 0 Å². The minimum atomic E-state index is -0.161. The van der Waals surface area contributed by atoms with E-state index in [0.717, 1.165) is 24.2 Å². The normalized spacial score (nSPS) is 10.9. The van der Waals surface area contributed by atoms with Gasteiger partial charge in [0.2, 0.25) is 0 Å². The van der Waals surface area contributed by atoms with Gasteiger partial charge < -0.3 is 5.32 Å². The molecule has 1 aromatic heterocycles. The summed E-state index contributed by atoms with van der Waals surface area (Å²) in [6.07, 6.45) is 4.28. The molecule has 0 atom stereocenters. The number of benzene rings is 1. The topological polar surface area (TPSA) is 46.9 Å². The van der Waals surface area contributed by atoms with Crippen LogP contribution >= 0.6 is 11.6 Å². The molecule has 21 heavy (non-hydrogen) atoms. The Morgan fingerprint density at radius 3 is 2.86 bits per heavy atom. The highest BCUT2D eigenvalue weighted by atomic mass is 35.5. The Morgan fingerprint density at radius 2 is 2.14 bits per heavy atom. The Kier molecular flexibility index (Phi) is 5.02. The van der Waals surface area contributed by atoms with Crippen LogP contribution in [0.4, 0.5) is 5.82 Å². The van der Waals surface area contributed by atoms with Crippen LogP contribution in [0.2, 0.25) is 5.02 Å². The van der Waals surface area contributed by atoms with Gasteiger partial charge in [-0.1, -0.05) is 31.5 Å². The molecule has 0 unspecified atom stereocenters. The second kappa shape index (κ2) is 6.76. The van der Waals surface area contributed by atoms with Gasteiger partial charge in [-0.05, 0) is 37.0 Å². The molecule has 0 saturated heterocycles. The fraction of sp³-hybridized carbons (Fsp3) is 0.375. The molecule has 112 valence electrons. The average molecular weight is 306 g/mol. The number of rotatable bonds is 5. The maximum absolute atomic E-state index is 12.5. The van der Waals surface area contributed by atoms with Crippen molar-refractivity contribution in [2.24, 2.45) is 5.92 Å². The first-order valence-electron chi connectivity index (χ1n) is 7.07. The second-order valence-corrected chi connectivity index (χ2v) is 5.85. The molecule has 0 aliphatic rings.